The second-order valence-electron chi connectivity index (χ2n) is 9.90. The SMILES string of the molecule is CC(OC1OCCN(CCN2CCCC2CO)C1c1ccc(F)cc1)c1cc(C(F)(F)F)cc(C(F)(F)F)c1. The van der Waals surface area contributed by atoms with Crippen molar-refractivity contribution in [2.75, 3.05) is 39.4 Å². The van der Waals surface area contributed by atoms with Gasteiger partial charge < -0.3 is 14.6 Å². The van der Waals surface area contributed by atoms with Gasteiger partial charge in [0.15, 0.2) is 6.29 Å². The molecule has 0 aromatic heterocycles. The maximum Gasteiger partial charge on any atom is 0.416 e. The molecule has 4 atom stereocenters. The van der Waals surface area contributed by atoms with Crippen LogP contribution in [0.25, 0.3) is 0 Å². The molecule has 0 radical (unpaired) electrons. The lowest BCUT2D eigenvalue weighted by atomic mass is 10.0. The molecule has 0 saturated carbocycles. The van der Waals surface area contributed by atoms with E-state index in [1.807, 2.05) is 4.90 Å². The van der Waals surface area contributed by atoms with Gasteiger partial charge in [-0.2, -0.15) is 26.3 Å². The van der Waals surface area contributed by atoms with Crippen LogP contribution in [0.1, 0.15) is 54.2 Å². The Morgan fingerprint density at radius 1 is 0.949 bits per heavy atom. The number of rotatable bonds is 8. The fraction of sp³-hybridized carbons (Fsp3) is 0.556. The van der Waals surface area contributed by atoms with Crippen LogP contribution in [0.2, 0.25) is 0 Å². The number of hydrogen-bond donors (Lipinski definition) is 1. The summed E-state index contributed by atoms with van der Waals surface area (Å²) < 4.78 is 106. The molecule has 39 heavy (non-hydrogen) atoms. The average molecular weight is 565 g/mol. The zero-order valence-corrected chi connectivity index (χ0v) is 21.3. The first kappa shape index (κ1) is 29.7. The van der Waals surface area contributed by atoms with Gasteiger partial charge in [-0.25, -0.2) is 4.39 Å². The Morgan fingerprint density at radius 3 is 2.15 bits per heavy atom. The maximum absolute atomic E-state index is 13.7. The molecule has 1 N–H and O–H groups in total. The predicted molar refractivity (Wildman–Crippen MR) is 128 cm³/mol. The van der Waals surface area contributed by atoms with E-state index in [4.69, 9.17) is 9.47 Å². The zero-order valence-electron chi connectivity index (χ0n) is 21.3. The molecule has 5 nitrogen and oxygen atoms in total. The van der Waals surface area contributed by atoms with Gasteiger partial charge in [-0.1, -0.05) is 12.1 Å². The molecule has 2 saturated heterocycles. The quantitative estimate of drug-likeness (QED) is 0.411. The van der Waals surface area contributed by atoms with E-state index in [0.29, 0.717) is 37.3 Å². The molecule has 2 fully saturated rings. The average Bonchev–Trinajstić information content (AvgIpc) is 3.34. The van der Waals surface area contributed by atoms with Crippen LogP contribution in [-0.2, 0) is 21.8 Å². The Bertz CT molecular complexity index is 1060. The number of nitrogens with zero attached hydrogens (tertiary/aromatic N) is 2. The number of morpholine rings is 1. The lowest BCUT2D eigenvalue weighted by Gasteiger charge is -2.42. The molecule has 4 rings (SSSR count). The van der Waals surface area contributed by atoms with Crippen LogP contribution in [0, 0.1) is 5.82 Å². The Kier molecular flexibility index (Phi) is 9.22. The molecule has 2 aromatic carbocycles. The normalized spacial score (nSPS) is 24.3. The van der Waals surface area contributed by atoms with Gasteiger partial charge in [-0.3, -0.25) is 9.80 Å². The van der Waals surface area contributed by atoms with Crippen molar-refractivity contribution in [1.29, 1.82) is 0 Å². The minimum Gasteiger partial charge on any atom is -0.395 e. The Morgan fingerprint density at radius 2 is 1.56 bits per heavy atom. The highest BCUT2D eigenvalue weighted by molar-refractivity contribution is 5.34. The topological polar surface area (TPSA) is 45.2 Å². The summed E-state index contributed by atoms with van der Waals surface area (Å²) >= 11 is 0. The summed E-state index contributed by atoms with van der Waals surface area (Å²) in [4.78, 5) is 4.23. The Balaban J connectivity index is 1.60. The van der Waals surface area contributed by atoms with Gasteiger partial charge in [0.1, 0.15) is 5.82 Å². The molecule has 4 unspecified atom stereocenters. The first-order valence-corrected chi connectivity index (χ1v) is 12.8. The summed E-state index contributed by atoms with van der Waals surface area (Å²) in [5, 5.41) is 9.65. The molecule has 216 valence electrons. The maximum atomic E-state index is 13.7. The second-order valence-corrected chi connectivity index (χ2v) is 9.90. The summed E-state index contributed by atoms with van der Waals surface area (Å²) in [6.45, 7) is 4.13. The van der Waals surface area contributed by atoms with Crippen molar-refractivity contribution in [2.24, 2.45) is 0 Å². The van der Waals surface area contributed by atoms with Gasteiger partial charge >= 0.3 is 12.4 Å². The molecular weight excluding hydrogens is 533 g/mol. The van der Waals surface area contributed by atoms with E-state index in [0.717, 1.165) is 19.4 Å². The minimum atomic E-state index is -4.98. The number of halogens is 7. The first-order valence-electron chi connectivity index (χ1n) is 12.8. The van der Waals surface area contributed by atoms with Crippen LogP contribution >= 0.6 is 0 Å². The van der Waals surface area contributed by atoms with Crippen molar-refractivity contribution in [3.05, 3.63) is 70.5 Å². The third-order valence-electron chi connectivity index (χ3n) is 7.33. The number of aliphatic hydroxyl groups is 1. The van der Waals surface area contributed by atoms with E-state index in [2.05, 4.69) is 4.90 Å². The first-order chi connectivity index (χ1) is 18.4. The third-order valence-corrected chi connectivity index (χ3v) is 7.33. The van der Waals surface area contributed by atoms with E-state index in [-0.39, 0.29) is 30.9 Å². The number of alkyl halides is 6. The molecule has 2 aromatic rings. The zero-order chi connectivity index (χ0) is 28.4. The van der Waals surface area contributed by atoms with Crippen LogP contribution in [0.3, 0.4) is 0 Å². The summed E-state index contributed by atoms with van der Waals surface area (Å²) in [6, 6.07) is 6.50. The van der Waals surface area contributed by atoms with Crippen molar-refractivity contribution >= 4 is 0 Å². The van der Waals surface area contributed by atoms with Gasteiger partial charge in [0.25, 0.3) is 0 Å². The predicted octanol–water partition coefficient (Wildman–Crippen LogP) is 5.80. The molecule has 2 aliphatic rings. The summed E-state index contributed by atoms with van der Waals surface area (Å²) in [6.07, 6.45) is -10.3. The van der Waals surface area contributed by atoms with Crippen LogP contribution in [-0.4, -0.2) is 66.6 Å². The summed E-state index contributed by atoms with van der Waals surface area (Å²) in [7, 11) is 0. The van der Waals surface area contributed by atoms with Crippen molar-refractivity contribution in [2.45, 2.75) is 56.6 Å². The molecule has 2 heterocycles. The highest BCUT2D eigenvalue weighted by Crippen LogP contribution is 2.39. The fourth-order valence-corrected chi connectivity index (χ4v) is 5.23. The third kappa shape index (κ3) is 7.29. The number of likely N-dealkylation sites (tertiary alicyclic amines) is 1. The van der Waals surface area contributed by atoms with E-state index >= 15 is 0 Å². The van der Waals surface area contributed by atoms with Gasteiger partial charge in [0.05, 0.1) is 36.5 Å². The van der Waals surface area contributed by atoms with Gasteiger partial charge in [0.2, 0.25) is 0 Å². The molecule has 0 bridgehead atoms. The van der Waals surface area contributed by atoms with Gasteiger partial charge in [-0.05, 0) is 67.8 Å². The molecular formula is C27H31F7N2O3. The molecule has 0 amide bonds. The van der Waals surface area contributed by atoms with Gasteiger partial charge in [-0.15, -0.1) is 0 Å². The fourth-order valence-electron chi connectivity index (χ4n) is 5.23. The number of ether oxygens (including phenoxy) is 2. The van der Waals surface area contributed by atoms with Crippen LogP contribution in [0.4, 0.5) is 30.7 Å². The largest absolute Gasteiger partial charge is 0.416 e. The van der Waals surface area contributed by atoms with Gasteiger partial charge in [0, 0.05) is 25.7 Å². The number of benzene rings is 2. The standard InChI is InChI=1S/C27H31F7N2O3/c1-17(19-13-20(26(29,30)31)15-21(14-19)27(32,33)34)39-25-24(18-4-6-22(28)7-5-18)36(11-12-38-25)10-9-35-8-2-3-23(35)16-37/h4-7,13-15,17,23-25,37H,2-3,8-12,16H2,1H3. The molecule has 12 heteroatoms. The molecule has 2 aliphatic heterocycles. The van der Waals surface area contributed by atoms with Crippen molar-refractivity contribution < 1.29 is 45.3 Å². The van der Waals surface area contributed by atoms with E-state index in [1.165, 1.54) is 19.1 Å². The van der Waals surface area contributed by atoms with E-state index in [9.17, 15) is 35.8 Å². The van der Waals surface area contributed by atoms with Crippen molar-refractivity contribution in [1.82, 2.24) is 9.80 Å². The Labute approximate surface area is 222 Å². The highest BCUT2D eigenvalue weighted by Gasteiger charge is 2.39. The highest BCUT2D eigenvalue weighted by atomic mass is 19.4. The minimum absolute atomic E-state index is 0.0463. The van der Waals surface area contributed by atoms with Crippen molar-refractivity contribution in [3.8, 4) is 0 Å². The van der Waals surface area contributed by atoms with Crippen LogP contribution in [0.5, 0.6) is 0 Å². The monoisotopic (exact) mass is 564 g/mol. The molecule has 0 aliphatic carbocycles. The summed E-state index contributed by atoms with van der Waals surface area (Å²) in [5.41, 5.74) is -2.51. The lowest BCUT2D eigenvalue weighted by molar-refractivity contribution is -0.230. The Hall–Kier alpha value is -2.25. The molecule has 0 spiro atoms. The number of hydrogen-bond acceptors (Lipinski definition) is 5. The lowest BCUT2D eigenvalue weighted by Crippen LogP contribution is -2.49. The smallest absolute Gasteiger partial charge is 0.395 e. The van der Waals surface area contributed by atoms with E-state index < -0.39 is 47.7 Å². The van der Waals surface area contributed by atoms with Crippen LogP contribution < -0.4 is 0 Å². The summed E-state index contributed by atoms with van der Waals surface area (Å²) in [5.74, 6) is -0.459. The number of aliphatic hydroxyl groups excluding tert-OH is 1. The second kappa shape index (κ2) is 12.1. The van der Waals surface area contributed by atoms with E-state index in [1.54, 1.807) is 12.1 Å². The van der Waals surface area contributed by atoms with Crippen LogP contribution in [0.15, 0.2) is 42.5 Å². The van der Waals surface area contributed by atoms with Crippen molar-refractivity contribution in [3.63, 3.8) is 0 Å².